The summed E-state index contributed by atoms with van der Waals surface area (Å²) in [7, 11) is 0. The Morgan fingerprint density at radius 1 is 1.78 bits per heavy atom. The van der Waals surface area contributed by atoms with Crippen molar-refractivity contribution in [3.63, 3.8) is 0 Å². The van der Waals surface area contributed by atoms with Crippen LogP contribution in [0, 0.1) is 0 Å². The van der Waals surface area contributed by atoms with Gasteiger partial charge in [-0.15, -0.1) is 11.3 Å². The quantitative estimate of drug-likeness (QED) is 0.583. The molecule has 3 N–H and O–H groups in total. The first-order valence-electron chi connectivity index (χ1n) is 2.48. The fourth-order valence-electron chi connectivity index (χ4n) is 0.506. The minimum absolute atomic E-state index is 0.421. The summed E-state index contributed by atoms with van der Waals surface area (Å²) in [5.74, 6) is 0. The molecule has 2 nitrogen and oxygen atoms in total. The van der Waals surface area contributed by atoms with E-state index in [2.05, 4.69) is 0 Å². The summed E-state index contributed by atoms with van der Waals surface area (Å²) < 4.78 is 0. The van der Waals surface area contributed by atoms with Gasteiger partial charge < -0.3 is 10.8 Å². The van der Waals surface area contributed by atoms with E-state index in [1.165, 1.54) is 11.3 Å². The fourth-order valence-corrected chi connectivity index (χ4v) is 1.16. The van der Waals surface area contributed by atoms with Crippen LogP contribution in [0.25, 0.3) is 5.70 Å². The Morgan fingerprint density at radius 3 is 3.00 bits per heavy atom. The van der Waals surface area contributed by atoms with Gasteiger partial charge in [0.1, 0.15) is 6.26 Å². The summed E-state index contributed by atoms with van der Waals surface area (Å²) in [5.41, 5.74) is 5.78. The summed E-state index contributed by atoms with van der Waals surface area (Å²) in [6, 6.07) is 3.74. The largest absolute Gasteiger partial charge is 0.513 e. The predicted molar refractivity (Wildman–Crippen MR) is 39.1 cm³/mol. The van der Waals surface area contributed by atoms with Crippen LogP contribution in [0.15, 0.2) is 23.8 Å². The van der Waals surface area contributed by atoms with Crippen molar-refractivity contribution in [1.82, 2.24) is 0 Å². The molecule has 0 unspecified atom stereocenters. The van der Waals surface area contributed by atoms with Crippen LogP contribution < -0.4 is 5.73 Å². The zero-order valence-electron chi connectivity index (χ0n) is 4.74. The molecule has 0 amide bonds. The highest BCUT2D eigenvalue weighted by Crippen LogP contribution is 2.14. The van der Waals surface area contributed by atoms with Crippen LogP contribution in [0.3, 0.4) is 0 Å². The molecule has 1 rings (SSSR count). The topological polar surface area (TPSA) is 46.2 Å². The smallest absolute Gasteiger partial charge is 0.104 e. The molecule has 0 fully saturated rings. The third-order valence-corrected chi connectivity index (χ3v) is 1.86. The van der Waals surface area contributed by atoms with Crippen LogP contribution >= 0.6 is 11.3 Å². The molecule has 0 spiro atoms. The molecule has 3 heteroatoms. The fraction of sp³-hybridized carbons (Fsp3) is 0. The zero-order chi connectivity index (χ0) is 6.69. The van der Waals surface area contributed by atoms with Crippen molar-refractivity contribution in [2.45, 2.75) is 0 Å². The molecule has 48 valence electrons. The van der Waals surface area contributed by atoms with E-state index in [0.29, 0.717) is 5.70 Å². The molecular weight excluding hydrogens is 134 g/mol. The summed E-state index contributed by atoms with van der Waals surface area (Å²) in [6.07, 6.45) is 0.909. The van der Waals surface area contributed by atoms with E-state index in [1.54, 1.807) is 0 Å². The number of nitrogens with two attached hydrogens (primary N) is 1. The molecule has 0 saturated heterocycles. The van der Waals surface area contributed by atoms with Gasteiger partial charge in [-0.25, -0.2) is 0 Å². The molecule has 0 radical (unpaired) electrons. The highest BCUT2D eigenvalue weighted by molar-refractivity contribution is 7.11. The standard InChI is InChI=1S/C6H7NOS/c7-5(4-8)6-2-1-3-9-6/h1-4,8H,7H2/b5-4+. The molecule has 9 heavy (non-hydrogen) atoms. The van der Waals surface area contributed by atoms with Gasteiger partial charge in [0.2, 0.25) is 0 Å². The lowest BCUT2D eigenvalue weighted by Crippen LogP contribution is -1.91. The molecule has 1 aromatic heterocycles. The summed E-state index contributed by atoms with van der Waals surface area (Å²) in [5, 5.41) is 10.3. The van der Waals surface area contributed by atoms with E-state index in [0.717, 1.165) is 11.1 Å². The molecule has 0 aliphatic carbocycles. The first kappa shape index (κ1) is 6.16. The zero-order valence-corrected chi connectivity index (χ0v) is 5.56. The van der Waals surface area contributed by atoms with Gasteiger partial charge in [-0.05, 0) is 11.4 Å². The van der Waals surface area contributed by atoms with Crippen LogP contribution in [0.1, 0.15) is 4.88 Å². The van der Waals surface area contributed by atoms with Crippen molar-refractivity contribution in [3.8, 4) is 0 Å². The van der Waals surface area contributed by atoms with Gasteiger partial charge in [-0.2, -0.15) is 0 Å². The molecule has 0 aromatic carbocycles. The van der Waals surface area contributed by atoms with Gasteiger partial charge in [-0.3, -0.25) is 0 Å². The van der Waals surface area contributed by atoms with Gasteiger partial charge in [-0.1, -0.05) is 6.07 Å². The lowest BCUT2D eigenvalue weighted by Gasteiger charge is -1.89. The molecule has 1 heterocycles. The van der Waals surface area contributed by atoms with Gasteiger partial charge in [0.05, 0.1) is 10.6 Å². The molecule has 0 bridgehead atoms. The van der Waals surface area contributed by atoms with Crippen LogP contribution in [0.4, 0.5) is 0 Å². The molecular formula is C6H7NOS. The first-order chi connectivity index (χ1) is 4.34. The number of thiophene rings is 1. The third kappa shape index (κ3) is 1.23. The Morgan fingerprint density at radius 2 is 2.56 bits per heavy atom. The van der Waals surface area contributed by atoms with Crippen molar-refractivity contribution in [2.24, 2.45) is 5.73 Å². The lowest BCUT2D eigenvalue weighted by molar-refractivity contribution is 0.475. The second-order valence-electron chi connectivity index (χ2n) is 1.56. The summed E-state index contributed by atoms with van der Waals surface area (Å²) in [6.45, 7) is 0. The number of rotatable bonds is 1. The van der Waals surface area contributed by atoms with E-state index < -0.39 is 0 Å². The van der Waals surface area contributed by atoms with E-state index in [9.17, 15) is 0 Å². The second-order valence-corrected chi connectivity index (χ2v) is 2.51. The minimum atomic E-state index is 0.421. The molecule has 0 saturated carbocycles. The lowest BCUT2D eigenvalue weighted by atomic mass is 10.4. The van der Waals surface area contributed by atoms with Crippen LogP contribution in [-0.2, 0) is 0 Å². The maximum Gasteiger partial charge on any atom is 0.104 e. The van der Waals surface area contributed by atoms with Gasteiger partial charge in [0.15, 0.2) is 0 Å². The number of aliphatic hydroxyl groups is 1. The highest BCUT2D eigenvalue weighted by Gasteiger charge is 1.93. The van der Waals surface area contributed by atoms with Crippen LogP contribution in [0.2, 0.25) is 0 Å². The van der Waals surface area contributed by atoms with Gasteiger partial charge >= 0.3 is 0 Å². The SMILES string of the molecule is N/C(=C/O)c1cccs1. The van der Waals surface area contributed by atoms with E-state index in [4.69, 9.17) is 10.8 Å². The normalized spacial score (nSPS) is 11.8. The van der Waals surface area contributed by atoms with E-state index in [1.807, 2.05) is 17.5 Å². The first-order valence-corrected chi connectivity index (χ1v) is 3.36. The third-order valence-electron chi connectivity index (χ3n) is 0.945. The van der Waals surface area contributed by atoms with Crippen molar-refractivity contribution >= 4 is 17.0 Å². The van der Waals surface area contributed by atoms with Crippen molar-refractivity contribution in [3.05, 3.63) is 28.7 Å². The van der Waals surface area contributed by atoms with Crippen molar-refractivity contribution in [1.29, 1.82) is 0 Å². The highest BCUT2D eigenvalue weighted by atomic mass is 32.1. The molecule has 0 aliphatic rings. The maximum atomic E-state index is 8.43. The monoisotopic (exact) mass is 141 g/mol. The van der Waals surface area contributed by atoms with Crippen LogP contribution in [0.5, 0.6) is 0 Å². The number of hydrogen-bond donors (Lipinski definition) is 2. The number of aliphatic hydroxyl groups excluding tert-OH is 1. The van der Waals surface area contributed by atoms with Gasteiger partial charge in [0, 0.05) is 0 Å². The number of hydrogen-bond acceptors (Lipinski definition) is 3. The molecule has 0 atom stereocenters. The van der Waals surface area contributed by atoms with Crippen molar-refractivity contribution in [2.75, 3.05) is 0 Å². The predicted octanol–water partition coefficient (Wildman–Crippen LogP) is 1.56. The van der Waals surface area contributed by atoms with Crippen molar-refractivity contribution < 1.29 is 5.11 Å². The summed E-state index contributed by atoms with van der Waals surface area (Å²) >= 11 is 1.50. The summed E-state index contributed by atoms with van der Waals surface area (Å²) in [4.78, 5) is 0.900. The van der Waals surface area contributed by atoms with E-state index in [-0.39, 0.29) is 0 Å². The Bertz CT molecular complexity index is 203. The average Bonchev–Trinajstić information content (AvgIpc) is 2.37. The minimum Gasteiger partial charge on any atom is -0.513 e. The van der Waals surface area contributed by atoms with E-state index >= 15 is 0 Å². The Hall–Kier alpha value is -0.960. The molecule has 0 aliphatic heterocycles. The molecule has 1 aromatic rings. The van der Waals surface area contributed by atoms with Crippen LogP contribution in [-0.4, -0.2) is 5.11 Å². The Kier molecular flexibility index (Phi) is 1.75. The second kappa shape index (κ2) is 2.55. The average molecular weight is 141 g/mol. The Labute approximate surface area is 57.2 Å². The maximum absolute atomic E-state index is 8.43. The van der Waals surface area contributed by atoms with Gasteiger partial charge in [0.25, 0.3) is 0 Å². The Balaban J connectivity index is 2.90.